The van der Waals surface area contributed by atoms with Crippen molar-refractivity contribution in [1.82, 2.24) is 4.90 Å². The van der Waals surface area contributed by atoms with E-state index in [4.69, 9.17) is 9.47 Å². The molecule has 1 rings (SSSR count). The molecule has 0 spiro atoms. The molecule has 1 aromatic rings. The van der Waals surface area contributed by atoms with E-state index in [2.05, 4.69) is 18.7 Å². The summed E-state index contributed by atoms with van der Waals surface area (Å²) < 4.78 is 10.4. The summed E-state index contributed by atoms with van der Waals surface area (Å²) >= 11 is 0. The maximum absolute atomic E-state index is 11.9. The van der Waals surface area contributed by atoms with Gasteiger partial charge in [-0.25, -0.2) is 4.79 Å². The van der Waals surface area contributed by atoms with Crippen molar-refractivity contribution in [3.63, 3.8) is 0 Å². The standard InChI is InChI=1S/C14H21NO3.ClH/c1-4-15(5-2)10-11-18-14(16)12-8-6-7-9-13(12)17-3;/h6-9H,4-5,10-11H2,1-3H3;1H. The Bertz CT molecular complexity index is 381. The molecule has 0 N–H and O–H groups in total. The van der Waals surface area contributed by atoms with Gasteiger partial charge < -0.3 is 14.4 Å². The molecule has 0 aliphatic heterocycles. The van der Waals surface area contributed by atoms with Crippen LogP contribution in [0.1, 0.15) is 24.2 Å². The zero-order valence-corrected chi connectivity index (χ0v) is 12.5. The number of carbonyl (C=O) groups is 1. The molecule has 0 heterocycles. The molecule has 0 bridgehead atoms. The van der Waals surface area contributed by atoms with Gasteiger partial charge in [0.25, 0.3) is 0 Å². The minimum absolute atomic E-state index is 0. The molecule has 0 fully saturated rings. The molecular weight excluding hydrogens is 266 g/mol. The highest BCUT2D eigenvalue weighted by atomic mass is 35.5. The lowest BCUT2D eigenvalue weighted by Crippen LogP contribution is -2.27. The first-order valence-corrected chi connectivity index (χ1v) is 6.25. The topological polar surface area (TPSA) is 38.8 Å². The molecule has 1 aromatic carbocycles. The Morgan fingerprint density at radius 2 is 1.84 bits per heavy atom. The van der Waals surface area contributed by atoms with Gasteiger partial charge in [0.15, 0.2) is 0 Å². The zero-order valence-electron chi connectivity index (χ0n) is 11.7. The van der Waals surface area contributed by atoms with Crippen molar-refractivity contribution in [2.24, 2.45) is 0 Å². The summed E-state index contributed by atoms with van der Waals surface area (Å²) in [5.41, 5.74) is 0.472. The van der Waals surface area contributed by atoms with Gasteiger partial charge >= 0.3 is 5.97 Å². The van der Waals surface area contributed by atoms with Crippen molar-refractivity contribution in [1.29, 1.82) is 0 Å². The normalized spacial score (nSPS) is 9.89. The average molecular weight is 288 g/mol. The Labute approximate surface area is 121 Å². The highest BCUT2D eigenvalue weighted by Crippen LogP contribution is 2.17. The number of ether oxygens (including phenoxy) is 2. The third-order valence-electron chi connectivity index (χ3n) is 2.86. The third kappa shape index (κ3) is 5.49. The first kappa shape index (κ1) is 17.7. The van der Waals surface area contributed by atoms with E-state index in [0.29, 0.717) is 17.9 Å². The molecule has 5 heteroatoms. The fraction of sp³-hybridized carbons (Fsp3) is 0.500. The predicted molar refractivity (Wildman–Crippen MR) is 78.3 cm³/mol. The second-order valence-electron chi connectivity index (χ2n) is 3.86. The van der Waals surface area contributed by atoms with Crippen LogP contribution in [0, 0.1) is 0 Å². The van der Waals surface area contributed by atoms with Crippen LogP contribution in [0.25, 0.3) is 0 Å². The number of nitrogens with zero attached hydrogens (tertiary/aromatic N) is 1. The van der Waals surface area contributed by atoms with Crippen molar-refractivity contribution in [2.45, 2.75) is 13.8 Å². The number of para-hydroxylation sites is 1. The molecule has 0 radical (unpaired) electrons. The van der Waals surface area contributed by atoms with Gasteiger partial charge in [-0.2, -0.15) is 0 Å². The van der Waals surface area contributed by atoms with E-state index in [0.717, 1.165) is 19.6 Å². The lowest BCUT2D eigenvalue weighted by Gasteiger charge is -2.17. The maximum Gasteiger partial charge on any atom is 0.341 e. The highest BCUT2D eigenvalue weighted by molar-refractivity contribution is 5.92. The van der Waals surface area contributed by atoms with Crippen molar-refractivity contribution in [3.05, 3.63) is 29.8 Å². The Morgan fingerprint density at radius 3 is 2.42 bits per heavy atom. The number of rotatable bonds is 7. The molecule has 0 unspecified atom stereocenters. The second kappa shape index (κ2) is 9.64. The smallest absolute Gasteiger partial charge is 0.341 e. The van der Waals surface area contributed by atoms with Gasteiger partial charge in [0.2, 0.25) is 0 Å². The van der Waals surface area contributed by atoms with Crippen molar-refractivity contribution >= 4 is 18.4 Å². The van der Waals surface area contributed by atoms with Crippen LogP contribution < -0.4 is 4.74 Å². The van der Waals surface area contributed by atoms with Crippen LogP contribution in [0.3, 0.4) is 0 Å². The first-order chi connectivity index (χ1) is 8.72. The van der Waals surface area contributed by atoms with Gasteiger partial charge in [-0.1, -0.05) is 26.0 Å². The number of halogens is 1. The van der Waals surface area contributed by atoms with Gasteiger partial charge in [-0.15, -0.1) is 12.4 Å². The zero-order chi connectivity index (χ0) is 13.4. The van der Waals surface area contributed by atoms with Crippen LogP contribution in [0.4, 0.5) is 0 Å². The number of carbonyl (C=O) groups excluding carboxylic acids is 1. The molecule has 0 aliphatic rings. The van der Waals surface area contributed by atoms with Gasteiger partial charge in [0.1, 0.15) is 17.9 Å². The van der Waals surface area contributed by atoms with E-state index in [9.17, 15) is 4.79 Å². The quantitative estimate of drug-likeness (QED) is 0.723. The average Bonchev–Trinajstić information content (AvgIpc) is 2.43. The van der Waals surface area contributed by atoms with Gasteiger partial charge in [0, 0.05) is 6.54 Å². The van der Waals surface area contributed by atoms with Crippen LogP contribution in [0.2, 0.25) is 0 Å². The highest BCUT2D eigenvalue weighted by Gasteiger charge is 2.12. The van der Waals surface area contributed by atoms with Crippen LogP contribution in [-0.4, -0.2) is 44.2 Å². The fourth-order valence-corrected chi connectivity index (χ4v) is 1.70. The largest absolute Gasteiger partial charge is 0.496 e. The second-order valence-corrected chi connectivity index (χ2v) is 3.86. The van der Waals surface area contributed by atoms with E-state index in [1.54, 1.807) is 25.3 Å². The Morgan fingerprint density at radius 1 is 1.21 bits per heavy atom. The van der Waals surface area contributed by atoms with Gasteiger partial charge in [-0.05, 0) is 25.2 Å². The number of hydrogen-bond donors (Lipinski definition) is 0. The van der Waals surface area contributed by atoms with Crippen LogP contribution >= 0.6 is 12.4 Å². The minimum Gasteiger partial charge on any atom is -0.496 e. The van der Waals surface area contributed by atoms with Crippen molar-refractivity contribution in [3.8, 4) is 5.75 Å². The lowest BCUT2D eigenvalue weighted by molar-refractivity contribution is 0.0463. The molecule has 0 saturated carbocycles. The third-order valence-corrected chi connectivity index (χ3v) is 2.86. The molecule has 0 amide bonds. The maximum atomic E-state index is 11.9. The SMILES string of the molecule is CCN(CC)CCOC(=O)c1ccccc1OC.Cl. The molecular formula is C14H22ClNO3. The molecule has 108 valence electrons. The monoisotopic (exact) mass is 287 g/mol. The fourth-order valence-electron chi connectivity index (χ4n) is 1.70. The van der Waals surface area contributed by atoms with Crippen molar-refractivity contribution < 1.29 is 14.3 Å². The van der Waals surface area contributed by atoms with Gasteiger partial charge in [-0.3, -0.25) is 0 Å². The number of methoxy groups -OCH3 is 1. The first-order valence-electron chi connectivity index (χ1n) is 6.25. The Balaban J connectivity index is 0.00000324. The number of likely N-dealkylation sites (N-methyl/N-ethyl adjacent to an activating group) is 1. The number of hydrogen-bond acceptors (Lipinski definition) is 4. The van der Waals surface area contributed by atoms with E-state index >= 15 is 0 Å². The Hall–Kier alpha value is -1.26. The number of esters is 1. The van der Waals surface area contributed by atoms with Crippen molar-refractivity contribution in [2.75, 3.05) is 33.4 Å². The van der Waals surface area contributed by atoms with Crippen LogP contribution in [0.5, 0.6) is 5.75 Å². The summed E-state index contributed by atoms with van der Waals surface area (Å²) in [6, 6.07) is 7.08. The number of benzene rings is 1. The van der Waals surface area contributed by atoms with E-state index in [-0.39, 0.29) is 18.4 Å². The summed E-state index contributed by atoms with van der Waals surface area (Å²) in [5.74, 6) is 0.213. The van der Waals surface area contributed by atoms with E-state index < -0.39 is 0 Å². The molecule has 0 aromatic heterocycles. The molecule has 19 heavy (non-hydrogen) atoms. The van der Waals surface area contributed by atoms with Crippen LogP contribution in [0.15, 0.2) is 24.3 Å². The van der Waals surface area contributed by atoms with E-state index in [1.807, 2.05) is 6.07 Å². The molecule has 4 nitrogen and oxygen atoms in total. The van der Waals surface area contributed by atoms with Gasteiger partial charge in [0.05, 0.1) is 7.11 Å². The molecule has 0 aliphatic carbocycles. The minimum atomic E-state index is -0.334. The summed E-state index contributed by atoms with van der Waals surface area (Å²) in [5, 5.41) is 0. The van der Waals surface area contributed by atoms with E-state index in [1.165, 1.54) is 0 Å². The summed E-state index contributed by atoms with van der Waals surface area (Å²) in [6.45, 7) is 7.26. The Kier molecular flexibility index (Phi) is 9.00. The van der Waals surface area contributed by atoms with Crippen LogP contribution in [-0.2, 0) is 4.74 Å². The summed E-state index contributed by atoms with van der Waals surface area (Å²) in [6.07, 6.45) is 0. The molecule has 0 saturated heterocycles. The summed E-state index contributed by atoms with van der Waals surface area (Å²) in [7, 11) is 1.54. The lowest BCUT2D eigenvalue weighted by atomic mass is 10.2. The predicted octanol–water partition coefficient (Wildman–Crippen LogP) is 2.62. The summed E-state index contributed by atoms with van der Waals surface area (Å²) in [4.78, 5) is 14.1. The molecule has 0 atom stereocenters.